The minimum Gasteiger partial charge on any atom is -0.477 e. The van der Waals surface area contributed by atoms with Crippen LogP contribution in [0, 0.1) is 0 Å². The molecule has 7 N–H and O–H groups in total. The molecular weight excluding hydrogens is 642 g/mol. The van der Waals surface area contributed by atoms with E-state index in [2.05, 4.69) is 30.6 Å². The standard InChI is InChI=1S/C27H31N9O8S2/c28-22-19-23(30-11-29-22)35(12-31-19)18-6-5-17(44-18)9-43-46-33-7-14-1-3-16(4-2-14)34-27(41)42-8-15-10-45-25-20(32-13-37)24(38)36(25)21(15)26(39)40/h1-4,11,13,17-18,20,25,31,33H,5-10,12H2,(H,32,37)(H,34,41)(H,39,40)(H2,28,29,30). The summed E-state index contributed by atoms with van der Waals surface area (Å²) in [5.74, 6) is -0.441. The Labute approximate surface area is 271 Å². The Morgan fingerprint density at radius 1 is 1.26 bits per heavy atom. The van der Waals surface area contributed by atoms with Crippen LogP contribution in [0.15, 0.2) is 41.9 Å². The number of nitrogens with two attached hydrogens (primary N) is 1. The largest absolute Gasteiger partial charge is 0.477 e. The number of aromatic nitrogens is 2. The van der Waals surface area contributed by atoms with E-state index in [0.29, 0.717) is 37.7 Å². The second-order valence-electron chi connectivity index (χ2n) is 10.6. The van der Waals surface area contributed by atoms with Crippen molar-refractivity contribution in [1.82, 2.24) is 24.9 Å². The zero-order chi connectivity index (χ0) is 32.2. The van der Waals surface area contributed by atoms with E-state index < -0.39 is 29.4 Å². The average molecular weight is 674 g/mol. The Hall–Kier alpha value is -4.30. The predicted octanol–water partition coefficient (Wildman–Crippen LogP) is 1.04. The number of rotatable bonds is 13. The van der Waals surface area contributed by atoms with Crippen LogP contribution < -0.4 is 31.3 Å². The van der Waals surface area contributed by atoms with Gasteiger partial charge in [-0.3, -0.25) is 24.0 Å². The van der Waals surface area contributed by atoms with Crippen molar-refractivity contribution in [2.45, 2.75) is 43.1 Å². The van der Waals surface area contributed by atoms with Crippen molar-refractivity contribution in [3.63, 3.8) is 0 Å². The summed E-state index contributed by atoms with van der Waals surface area (Å²) in [5, 5.41) is 17.4. The number of nitrogen functional groups attached to an aromatic ring is 1. The summed E-state index contributed by atoms with van der Waals surface area (Å²) in [6.45, 7) is 1.17. The summed E-state index contributed by atoms with van der Waals surface area (Å²) < 4.78 is 20.2. The maximum atomic E-state index is 12.4. The van der Waals surface area contributed by atoms with Crippen LogP contribution in [0.3, 0.4) is 0 Å². The smallest absolute Gasteiger partial charge is 0.411 e. The maximum Gasteiger partial charge on any atom is 0.411 e. The number of carboxylic acid groups (broad SMARTS) is 1. The quantitative estimate of drug-likeness (QED) is 0.0575. The van der Waals surface area contributed by atoms with E-state index in [1.54, 1.807) is 12.1 Å². The number of nitrogens with zero attached hydrogens (tertiary/aromatic N) is 4. The number of carbonyl (C=O) groups is 4. The molecule has 0 spiro atoms. The highest BCUT2D eigenvalue weighted by molar-refractivity contribution is 8.00. The molecule has 2 saturated heterocycles. The summed E-state index contributed by atoms with van der Waals surface area (Å²) in [4.78, 5) is 58.8. The number of anilines is 4. The Morgan fingerprint density at radius 3 is 2.87 bits per heavy atom. The fraction of sp³-hybridized carbons (Fsp3) is 0.407. The fourth-order valence-electron chi connectivity index (χ4n) is 5.46. The van der Waals surface area contributed by atoms with Crippen molar-refractivity contribution in [1.29, 1.82) is 0 Å². The minimum atomic E-state index is -1.31. The van der Waals surface area contributed by atoms with Crippen LogP contribution in [-0.4, -0.2) is 93.7 Å². The molecule has 6 rings (SSSR count). The second-order valence-corrected chi connectivity index (χ2v) is 12.4. The maximum absolute atomic E-state index is 12.4. The van der Waals surface area contributed by atoms with E-state index in [1.165, 1.54) is 18.1 Å². The van der Waals surface area contributed by atoms with Crippen molar-refractivity contribution < 1.29 is 37.9 Å². The number of benzene rings is 1. The third kappa shape index (κ3) is 6.63. The number of thioether (sulfide) groups is 1. The Bertz CT molecular complexity index is 1530. The van der Waals surface area contributed by atoms with Crippen LogP contribution in [0.4, 0.5) is 27.8 Å². The number of ether oxygens (including phenoxy) is 2. The van der Waals surface area contributed by atoms with E-state index in [9.17, 15) is 24.3 Å². The summed E-state index contributed by atoms with van der Waals surface area (Å²) in [6.07, 6.45) is 2.61. The summed E-state index contributed by atoms with van der Waals surface area (Å²) in [6, 6.07) is 6.30. The number of carboxylic acids is 1. The van der Waals surface area contributed by atoms with Gasteiger partial charge in [0.15, 0.2) is 11.6 Å². The Balaban J connectivity index is 0.887. The number of aliphatic carboxylic acids is 1. The van der Waals surface area contributed by atoms with Crippen molar-refractivity contribution in [3.05, 3.63) is 47.4 Å². The number of nitrogens with one attached hydrogen (secondary N) is 4. The molecule has 0 bridgehead atoms. The lowest BCUT2D eigenvalue weighted by molar-refractivity contribution is -0.149. The predicted molar refractivity (Wildman–Crippen MR) is 168 cm³/mol. The first kappa shape index (κ1) is 31.7. The van der Waals surface area contributed by atoms with Gasteiger partial charge in [0.05, 0.1) is 31.6 Å². The van der Waals surface area contributed by atoms with E-state index in [-0.39, 0.29) is 36.0 Å². The number of hydrogen-bond acceptors (Lipinski definition) is 15. The summed E-state index contributed by atoms with van der Waals surface area (Å²) in [5.41, 5.74) is 8.15. The number of fused-ring (bicyclic) bond motifs is 2. The zero-order valence-electron chi connectivity index (χ0n) is 24.2. The molecule has 244 valence electrons. The Kier molecular flexibility index (Phi) is 9.64. The number of β-lactam (4-membered cyclic amide) rings is 1. The first-order valence-electron chi connectivity index (χ1n) is 14.2. The van der Waals surface area contributed by atoms with Gasteiger partial charge in [-0.2, -0.15) is 0 Å². The molecule has 4 aliphatic rings. The highest BCUT2D eigenvalue weighted by Gasteiger charge is 2.53. The molecule has 19 heteroatoms. The Morgan fingerprint density at radius 2 is 2.09 bits per heavy atom. The van der Waals surface area contributed by atoms with Crippen molar-refractivity contribution in [2.24, 2.45) is 0 Å². The van der Waals surface area contributed by atoms with E-state index in [0.717, 1.165) is 47.0 Å². The molecule has 5 heterocycles. The third-order valence-electron chi connectivity index (χ3n) is 7.71. The first-order valence-corrected chi connectivity index (χ1v) is 16.0. The van der Waals surface area contributed by atoms with Crippen molar-refractivity contribution in [3.8, 4) is 0 Å². The van der Waals surface area contributed by atoms with E-state index >= 15 is 0 Å². The highest BCUT2D eigenvalue weighted by Crippen LogP contribution is 2.40. The molecule has 4 unspecified atom stereocenters. The molecule has 2 aromatic rings. The third-order valence-corrected chi connectivity index (χ3v) is 9.57. The van der Waals surface area contributed by atoms with Gasteiger partial charge in [-0.25, -0.2) is 24.3 Å². The van der Waals surface area contributed by atoms with Gasteiger partial charge in [0.2, 0.25) is 6.41 Å². The van der Waals surface area contributed by atoms with Gasteiger partial charge in [0, 0.05) is 23.6 Å². The molecule has 0 saturated carbocycles. The molecule has 17 nitrogen and oxygen atoms in total. The van der Waals surface area contributed by atoms with E-state index in [4.69, 9.17) is 19.4 Å². The zero-order valence-corrected chi connectivity index (χ0v) is 25.8. The van der Waals surface area contributed by atoms with Crippen LogP contribution in [0.2, 0.25) is 0 Å². The molecule has 1 aromatic heterocycles. The van der Waals surface area contributed by atoms with Crippen LogP contribution in [0.1, 0.15) is 18.4 Å². The molecule has 46 heavy (non-hydrogen) atoms. The number of amides is 3. The van der Waals surface area contributed by atoms with Crippen LogP contribution in [-0.2, 0) is 34.6 Å². The van der Waals surface area contributed by atoms with Gasteiger partial charge in [-0.15, -0.1) is 11.8 Å². The molecule has 0 radical (unpaired) electrons. The second kappa shape index (κ2) is 14.0. The lowest BCUT2D eigenvalue weighted by atomic mass is 10.0. The molecule has 4 aliphatic heterocycles. The van der Waals surface area contributed by atoms with Gasteiger partial charge in [0.25, 0.3) is 5.91 Å². The van der Waals surface area contributed by atoms with Crippen molar-refractivity contribution in [2.75, 3.05) is 46.9 Å². The van der Waals surface area contributed by atoms with Crippen molar-refractivity contribution >= 4 is 71.4 Å². The molecular formula is C27H31N9O8S2. The van der Waals surface area contributed by atoms with Crippen LogP contribution in [0.25, 0.3) is 0 Å². The molecule has 0 aliphatic carbocycles. The average Bonchev–Trinajstić information content (AvgIpc) is 3.70. The SMILES string of the molecule is Nc1ncnc2c1NCN2C1CCC(COSNCc2ccc(NC(=O)OCC3=C(C(=O)O)N4C(=O)C(NC=O)C4SC3)cc2)O1. The van der Waals surface area contributed by atoms with Gasteiger partial charge < -0.3 is 35.8 Å². The topological polar surface area (TPSA) is 223 Å². The molecule has 1 aromatic carbocycles. The van der Waals surface area contributed by atoms with Gasteiger partial charge >= 0.3 is 12.1 Å². The fourth-order valence-corrected chi connectivity index (χ4v) is 7.32. The first-order chi connectivity index (χ1) is 22.3. The molecule has 4 atom stereocenters. The summed E-state index contributed by atoms with van der Waals surface area (Å²) in [7, 11) is 0. The summed E-state index contributed by atoms with van der Waals surface area (Å²) >= 11 is 2.42. The van der Waals surface area contributed by atoms with Gasteiger partial charge in [-0.1, -0.05) is 12.1 Å². The van der Waals surface area contributed by atoms with Gasteiger partial charge in [0.1, 0.15) is 42.0 Å². The lowest BCUT2D eigenvalue weighted by Crippen LogP contribution is -2.69. The molecule has 2 fully saturated rings. The van der Waals surface area contributed by atoms with Crippen LogP contribution in [0.5, 0.6) is 0 Å². The van der Waals surface area contributed by atoms with Crippen LogP contribution >= 0.6 is 24.0 Å². The number of hydrogen-bond donors (Lipinski definition) is 6. The van der Waals surface area contributed by atoms with E-state index in [1.807, 2.05) is 17.0 Å². The lowest BCUT2D eigenvalue weighted by Gasteiger charge is -2.48. The highest BCUT2D eigenvalue weighted by atomic mass is 32.2. The minimum absolute atomic E-state index is 0.0512. The van der Waals surface area contributed by atoms with Gasteiger partial charge in [-0.05, 0) is 30.5 Å². The number of carbonyl (C=O) groups excluding carboxylic acids is 3. The monoisotopic (exact) mass is 673 g/mol. The molecule has 3 amide bonds. The normalized spacial score (nSPS) is 23.3.